The Hall–Kier alpha value is -2.43. The van der Waals surface area contributed by atoms with Crippen LogP contribution >= 0.6 is 0 Å². The molecule has 0 amide bonds. The van der Waals surface area contributed by atoms with E-state index in [0.717, 1.165) is 32.4 Å². The minimum atomic E-state index is 0.187. The van der Waals surface area contributed by atoms with Crippen molar-refractivity contribution in [3.63, 3.8) is 0 Å². The molecule has 0 radical (unpaired) electrons. The summed E-state index contributed by atoms with van der Waals surface area (Å²) in [5, 5.41) is 7.73. The molecule has 0 bridgehead atoms. The number of hydrogen-bond donors (Lipinski definition) is 2. The summed E-state index contributed by atoms with van der Waals surface area (Å²) in [7, 11) is 0. The Bertz CT molecular complexity index is 821. The third-order valence-electron chi connectivity index (χ3n) is 6.03. The Morgan fingerprint density at radius 1 is 1.25 bits per heavy atom. The Balaban J connectivity index is 1.94. The molecule has 3 rings (SSSR count). The molecule has 1 atom stereocenters. The van der Waals surface area contributed by atoms with E-state index in [-0.39, 0.29) is 5.96 Å². The van der Waals surface area contributed by atoms with Gasteiger partial charge in [0.05, 0.1) is 0 Å². The Kier molecular flexibility index (Phi) is 6.32. The van der Waals surface area contributed by atoms with Gasteiger partial charge in [0.25, 0.3) is 0 Å². The predicted molar refractivity (Wildman–Crippen MR) is 115 cm³/mol. The number of piperidine rings is 1. The normalized spacial score (nSPS) is 16.4. The van der Waals surface area contributed by atoms with Gasteiger partial charge in [-0.2, -0.15) is 0 Å². The summed E-state index contributed by atoms with van der Waals surface area (Å²) in [5.74, 6) is 1.48. The summed E-state index contributed by atoms with van der Waals surface area (Å²) in [5.41, 5.74) is 11.9. The fourth-order valence-corrected chi connectivity index (χ4v) is 4.42. The fourth-order valence-electron chi connectivity index (χ4n) is 4.42. The van der Waals surface area contributed by atoms with Crippen molar-refractivity contribution in [2.24, 2.45) is 11.7 Å². The highest BCUT2D eigenvalue weighted by Crippen LogP contribution is 2.37. The Labute approximate surface area is 168 Å². The maximum absolute atomic E-state index is 7.73. The average molecular weight is 380 g/mol. The molecule has 3 N–H and O–H groups in total. The Morgan fingerprint density at radius 3 is 2.57 bits per heavy atom. The molecule has 1 unspecified atom stereocenters. The molecule has 1 saturated heterocycles. The van der Waals surface area contributed by atoms with Gasteiger partial charge >= 0.3 is 0 Å². The number of nitrogens with one attached hydrogen (secondary N) is 1. The molecule has 1 aliphatic rings. The molecule has 0 saturated carbocycles. The van der Waals surface area contributed by atoms with Crippen LogP contribution in [0, 0.1) is 25.2 Å². The van der Waals surface area contributed by atoms with E-state index < -0.39 is 0 Å². The van der Waals surface area contributed by atoms with Crippen LogP contribution in [-0.4, -0.2) is 33.9 Å². The van der Waals surface area contributed by atoms with Crippen LogP contribution < -0.4 is 5.73 Å². The average Bonchev–Trinajstić information content (AvgIpc) is 2.67. The van der Waals surface area contributed by atoms with Crippen molar-refractivity contribution in [2.75, 3.05) is 13.1 Å². The number of guanidine groups is 1. The number of nitrogens with zero attached hydrogens (tertiary/aromatic N) is 3. The third kappa shape index (κ3) is 4.51. The van der Waals surface area contributed by atoms with Gasteiger partial charge in [0.15, 0.2) is 5.96 Å². The number of aryl methyl sites for hydroxylation is 2. The first-order valence-electron chi connectivity index (χ1n) is 10.3. The van der Waals surface area contributed by atoms with Crippen LogP contribution in [0.2, 0.25) is 0 Å². The first kappa shape index (κ1) is 20.3. The number of nitrogens with two attached hydrogens (primary N) is 1. The van der Waals surface area contributed by atoms with Gasteiger partial charge < -0.3 is 10.6 Å². The molecule has 2 aromatic heterocycles. The highest BCUT2D eigenvalue weighted by Gasteiger charge is 2.31. The Morgan fingerprint density at radius 2 is 1.96 bits per heavy atom. The molecule has 3 heterocycles. The molecule has 1 aliphatic heterocycles. The van der Waals surface area contributed by atoms with Gasteiger partial charge in [-0.1, -0.05) is 26.0 Å². The zero-order valence-corrected chi connectivity index (χ0v) is 17.6. The quantitative estimate of drug-likeness (QED) is 0.604. The van der Waals surface area contributed by atoms with Crippen LogP contribution in [0.15, 0.2) is 30.6 Å². The number of likely N-dealkylation sites (tertiary alicyclic amines) is 1. The zero-order valence-electron chi connectivity index (χ0n) is 17.6. The summed E-state index contributed by atoms with van der Waals surface area (Å²) in [6.45, 7) is 10.4. The minimum absolute atomic E-state index is 0.187. The van der Waals surface area contributed by atoms with Crippen molar-refractivity contribution in [1.82, 2.24) is 14.9 Å². The van der Waals surface area contributed by atoms with Crippen molar-refractivity contribution in [1.29, 1.82) is 5.41 Å². The van der Waals surface area contributed by atoms with Crippen LogP contribution in [0.4, 0.5) is 0 Å². The summed E-state index contributed by atoms with van der Waals surface area (Å²) in [6.07, 6.45) is 6.87. The molecule has 0 spiro atoms. The second-order valence-electron chi connectivity index (χ2n) is 8.43. The maximum Gasteiger partial charge on any atom is 0.188 e. The minimum Gasteiger partial charge on any atom is -0.370 e. The predicted octanol–water partition coefficient (Wildman–Crippen LogP) is 4.15. The highest BCUT2D eigenvalue weighted by atomic mass is 15.2. The van der Waals surface area contributed by atoms with Gasteiger partial charge in [0.2, 0.25) is 0 Å². The molecular weight excluding hydrogens is 346 g/mol. The van der Waals surface area contributed by atoms with E-state index >= 15 is 0 Å². The van der Waals surface area contributed by atoms with E-state index in [1.54, 1.807) is 0 Å². The van der Waals surface area contributed by atoms with E-state index in [1.807, 2.05) is 23.4 Å². The smallest absolute Gasteiger partial charge is 0.188 e. The van der Waals surface area contributed by atoms with Crippen molar-refractivity contribution < 1.29 is 0 Å². The number of pyridine rings is 2. The lowest BCUT2D eigenvalue weighted by atomic mass is 9.76. The summed E-state index contributed by atoms with van der Waals surface area (Å²) < 4.78 is 0. The van der Waals surface area contributed by atoms with Gasteiger partial charge in [0, 0.05) is 42.8 Å². The topological polar surface area (TPSA) is 78.9 Å². The van der Waals surface area contributed by atoms with E-state index in [2.05, 4.69) is 39.8 Å². The van der Waals surface area contributed by atoms with Crippen molar-refractivity contribution >= 4 is 5.96 Å². The summed E-state index contributed by atoms with van der Waals surface area (Å²) in [6, 6.07) is 6.49. The van der Waals surface area contributed by atoms with Crippen LogP contribution in [0.25, 0.3) is 0 Å². The highest BCUT2D eigenvalue weighted by molar-refractivity contribution is 5.74. The van der Waals surface area contributed by atoms with Crippen molar-refractivity contribution in [3.8, 4) is 0 Å². The number of rotatable bonds is 5. The van der Waals surface area contributed by atoms with Gasteiger partial charge in [0.1, 0.15) is 0 Å². The van der Waals surface area contributed by atoms with Gasteiger partial charge in [-0.05, 0) is 67.7 Å². The molecular formula is C23H33N5. The second-order valence-corrected chi connectivity index (χ2v) is 8.43. The molecule has 28 heavy (non-hydrogen) atoms. The van der Waals surface area contributed by atoms with Gasteiger partial charge in [-0.25, -0.2) is 0 Å². The van der Waals surface area contributed by atoms with E-state index in [1.165, 1.54) is 28.1 Å². The first-order valence-corrected chi connectivity index (χ1v) is 10.3. The first-order chi connectivity index (χ1) is 13.4. The molecule has 2 aromatic rings. The molecule has 5 nitrogen and oxygen atoms in total. The van der Waals surface area contributed by atoms with Crippen LogP contribution in [0.3, 0.4) is 0 Å². The lowest BCUT2D eigenvalue weighted by Gasteiger charge is -2.37. The molecule has 0 aliphatic carbocycles. The lowest BCUT2D eigenvalue weighted by molar-refractivity contribution is 0.229. The fraction of sp³-hybridized carbons (Fsp3) is 0.522. The van der Waals surface area contributed by atoms with Crippen molar-refractivity contribution in [3.05, 3.63) is 58.7 Å². The van der Waals surface area contributed by atoms with E-state index in [0.29, 0.717) is 17.8 Å². The van der Waals surface area contributed by atoms with E-state index in [4.69, 9.17) is 21.1 Å². The SMILES string of the molecule is Cc1cnc(CC(c2ncccc2C(C)C)C2CCN(C(=N)N)CC2)c(C)c1. The number of aromatic nitrogens is 2. The number of hydrogen-bond acceptors (Lipinski definition) is 3. The van der Waals surface area contributed by atoms with Crippen molar-refractivity contribution in [2.45, 2.75) is 58.8 Å². The van der Waals surface area contributed by atoms with Crippen LogP contribution in [0.1, 0.15) is 66.6 Å². The maximum atomic E-state index is 7.73. The van der Waals surface area contributed by atoms with Crippen LogP contribution in [0.5, 0.6) is 0 Å². The van der Waals surface area contributed by atoms with Gasteiger partial charge in [-0.3, -0.25) is 15.4 Å². The second kappa shape index (κ2) is 8.72. The largest absolute Gasteiger partial charge is 0.370 e. The molecule has 0 aromatic carbocycles. The monoisotopic (exact) mass is 379 g/mol. The zero-order chi connectivity index (χ0) is 20.3. The van der Waals surface area contributed by atoms with Gasteiger partial charge in [-0.15, -0.1) is 0 Å². The third-order valence-corrected chi connectivity index (χ3v) is 6.03. The standard InChI is InChI=1S/C23H33N5/c1-15(2)19-6-5-9-26-22(19)20(13-21-17(4)12-16(3)14-27-21)18-7-10-28(11-8-18)23(24)25/h5-6,9,12,14-15,18,20H,7-8,10-11,13H2,1-4H3,(H3,24,25). The molecule has 1 fully saturated rings. The lowest BCUT2D eigenvalue weighted by Crippen LogP contribution is -2.43. The molecule has 150 valence electrons. The van der Waals surface area contributed by atoms with E-state index in [9.17, 15) is 0 Å². The summed E-state index contributed by atoms with van der Waals surface area (Å²) in [4.78, 5) is 11.6. The summed E-state index contributed by atoms with van der Waals surface area (Å²) >= 11 is 0. The van der Waals surface area contributed by atoms with Crippen LogP contribution in [-0.2, 0) is 6.42 Å². The molecule has 5 heteroatoms.